The number of aliphatic hydroxyl groups is 1. The van der Waals surface area contributed by atoms with Gasteiger partial charge >= 0.3 is 0 Å². The van der Waals surface area contributed by atoms with E-state index in [1.54, 1.807) is 4.90 Å². The van der Waals surface area contributed by atoms with Crippen molar-refractivity contribution in [2.24, 2.45) is 5.92 Å². The van der Waals surface area contributed by atoms with Crippen molar-refractivity contribution in [1.29, 1.82) is 0 Å². The van der Waals surface area contributed by atoms with Gasteiger partial charge in [0.1, 0.15) is 12.6 Å². The number of piperidine rings is 1. The fraction of sp³-hybridized carbons (Fsp3) is 0.867. The molecule has 1 aliphatic carbocycles. The smallest absolute Gasteiger partial charge is 0.126 e. The third-order valence-electron chi connectivity index (χ3n) is 4.13. The second kappa shape index (κ2) is 7.93. The second-order valence-electron chi connectivity index (χ2n) is 5.86. The van der Waals surface area contributed by atoms with Gasteiger partial charge < -0.3 is 14.7 Å². The molecule has 1 heterocycles. The van der Waals surface area contributed by atoms with Crippen molar-refractivity contribution < 1.29 is 14.7 Å². The lowest BCUT2D eigenvalue weighted by atomic mass is 9.95. The average molecular weight is 254 g/mol. The van der Waals surface area contributed by atoms with Crippen molar-refractivity contribution in [3.05, 3.63) is 12.2 Å². The zero-order valence-electron chi connectivity index (χ0n) is 11.4. The number of likely N-dealkylation sites (tertiary alicyclic amines) is 1. The Morgan fingerprint density at radius 1 is 1.22 bits per heavy atom. The molecule has 0 saturated carbocycles. The summed E-state index contributed by atoms with van der Waals surface area (Å²) in [4.78, 5) is 1.55. The molecule has 18 heavy (non-hydrogen) atoms. The van der Waals surface area contributed by atoms with Gasteiger partial charge in [-0.05, 0) is 44.4 Å². The fourth-order valence-electron chi connectivity index (χ4n) is 3.03. The molecule has 0 spiro atoms. The van der Waals surface area contributed by atoms with Gasteiger partial charge in [0, 0.05) is 6.61 Å². The number of nitrogens with one attached hydrogen (secondary N) is 1. The van der Waals surface area contributed by atoms with Gasteiger partial charge in [-0.2, -0.15) is 0 Å². The van der Waals surface area contributed by atoms with Crippen LogP contribution >= 0.6 is 0 Å². The van der Waals surface area contributed by atoms with Gasteiger partial charge in [-0.25, -0.2) is 0 Å². The van der Waals surface area contributed by atoms with E-state index in [1.165, 1.54) is 45.2 Å². The molecule has 2 aliphatic rings. The average Bonchev–Trinajstić information content (AvgIpc) is 2.41. The van der Waals surface area contributed by atoms with Crippen LogP contribution in [0.25, 0.3) is 0 Å². The fourth-order valence-corrected chi connectivity index (χ4v) is 3.03. The molecule has 0 unspecified atom stereocenters. The van der Waals surface area contributed by atoms with E-state index < -0.39 is 0 Å². The molecule has 0 bridgehead atoms. The maximum atomic E-state index is 9.97. The summed E-state index contributed by atoms with van der Waals surface area (Å²) in [5.74, 6) is 0.671. The van der Waals surface area contributed by atoms with Gasteiger partial charge in [0.25, 0.3) is 0 Å². The minimum absolute atomic E-state index is 0.280. The van der Waals surface area contributed by atoms with E-state index in [1.807, 2.05) is 0 Å². The quantitative estimate of drug-likeness (QED) is 0.687. The maximum absolute atomic E-state index is 9.97. The highest BCUT2D eigenvalue weighted by Crippen LogP contribution is 2.18. The zero-order chi connectivity index (χ0) is 12.6. The zero-order valence-corrected chi connectivity index (χ0v) is 11.4. The Labute approximate surface area is 111 Å². The lowest BCUT2D eigenvalue weighted by molar-refractivity contribution is -0.908. The maximum Gasteiger partial charge on any atom is 0.126 e. The van der Waals surface area contributed by atoms with Gasteiger partial charge in [0.15, 0.2) is 0 Å². The lowest BCUT2D eigenvalue weighted by Gasteiger charge is -2.26. The van der Waals surface area contributed by atoms with Crippen molar-refractivity contribution in [2.75, 3.05) is 32.8 Å². The Morgan fingerprint density at radius 3 is 2.78 bits per heavy atom. The first-order valence-electron chi connectivity index (χ1n) is 7.59. The van der Waals surface area contributed by atoms with Crippen LogP contribution in [0.15, 0.2) is 12.2 Å². The summed E-state index contributed by atoms with van der Waals surface area (Å²) in [6.07, 6.45) is 11.8. The van der Waals surface area contributed by atoms with E-state index in [-0.39, 0.29) is 6.10 Å². The van der Waals surface area contributed by atoms with Crippen LogP contribution < -0.4 is 4.90 Å². The summed E-state index contributed by atoms with van der Waals surface area (Å²) in [5, 5.41) is 9.97. The number of rotatable bonds is 6. The highest BCUT2D eigenvalue weighted by Gasteiger charge is 2.18. The lowest BCUT2D eigenvalue weighted by Crippen LogP contribution is -3.14. The summed E-state index contributed by atoms with van der Waals surface area (Å²) < 4.78 is 5.68. The van der Waals surface area contributed by atoms with E-state index in [0.29, 0.717) is 12.5 Å². The van der Waals surface area contributed by atoms with Crippen LogP contribution in [-0.2, 0) is 4.74 Å². The Balaban J connectivity index is 1.53. The van der Waals surface area contributed by atoms with Crippen LogP contribution in [0.1, 0.15) is 38.5 Å². The van der Waals surface area contributed by atoms with Crippen LogP contribution in [0, 0.1) is 5.92 Å². The molecule has 0 aromatic carbocycles. The molecular weight excluding hydrogens is 226 g/mol. The van der Waals surface area contributed by atoms with Gasteiger partial charge in [-0.1, -0.05) is 12.2 Å². The molecule has 0 aromatic heterocycles. The van der Waals surface area contributed by atoms with Gasteiger partial charge in [0.2, 0.25) is 0 Å². The number of allylic oxidation sites excluding steroid dienone is 2. The first-order chi connectivity index (χ1) is 8.84. The van der Waals surface area contributed by atoms with E-state index in [0.717, 1.165) is 19.6 Å². The van der Waals surface area contributed by atoms with Gasteiger partial charge in [0.05, 0.1) is 19.7 Å². The number of ether oxygens (including phenoxy) is 1. The largest absolute Gasteiger partial charge is 0.385 e. The Morgan fingerprint density at radius 2 is 2.06 bits per heavy atom. The molecule has 0 amide bonds. The van der Waals surface area contributed by atoms with Gasteiger partial charge in [-0.15, -0.1) is 0 Å². The number of quaternary nitrogens is 1. The molecule has 2 N–H and O–H groups in total. The normalized spacial score (nSPS) is 27.3. The molecular formula is C15H28NO2+. The molecule has 104 valence electrons. The molecule has 0 radical (unpaired) electrons. The Kier molecular flexibility index (Phi) is 6.18. The third-order valence-corrected chi connectivity index (χ3v) is 4.13. The monoisotopic (exact) mass is 254 g/mol. The first kappa shape index (κ1) is 14.0. The number of hydrogen-bond donors (Lipinski definition) is 2. The summed E-state index contributed by atoms with van der Waals surface area (Å²) in [7, 11) is 0. The SMILES string of the molecule is O[C@@H](COC[C@@H]1CC=CCC1)C[NH+]1CCCCC1. The van der Waals surface area contributed by atoms with Crippen LogP contribution in [0.5, 0.6) is 0 Å². The predicted octanol–water partition coefficient (Wildman–Crippen LogP) is 0.789. The summed E-state index contributed by atoms with van der Waals surface area (Å²) in [5.41, 5.74) is 0. The molecule has 1 saturated heterocycles. The Bertz CT molecular complexity index is 249. The van der Waals surface area contributed by atoms with Crippen molar-refractivity contribution in [1.82, 2.24) is 0 Å². The topological polar surface area (TPSA) is 33.9 Å². The molecule has 3 nitrogen and oxygen atoms in total. The van der Waals surface area contributed by atoms with E-state index in [9.17, 15) is 5.11 Å². The minimum atomic E-state index is -0.280. The number of aliphatic hydroxyl groups excluding tert-OH is 1. The molecule has 1 fully saturated rings. The minimum Gasteiger partial charge on any atom is -0.385 e. The van der Waals surface area contributed by atoms with Gasteiger partial charge in [-0.3, -0.25) is 0 Å². The van der Waals surface area contributed by atoms with Crippen molar-refractivity contribution in [2.45, 2.75) is 44.6 Å². The van der Waals surface area contributed by atoms with Crippen LogP contribution in [-0.4, -0.2) is 44.1 Å². The Hall–Kier alpha value is -0.380. The van der Waals surface area contributed by atoms with E-state index >= 15 is 0 Å². The predicted molar refractivity (Wildman–Crippen MR) is 72.7 cm³/mol. The summed E-state index contributed by atoms with van der Waals surface area (Å²) in [6.45, 7) is 4.65. The summed E-state index contributed by atoms with van der Waals surface area (Å²) >= 11 is 0. The van der Waals surface area contributed by atoms with E-state index in [4.69, 9.17) is 4.74 Å². The molecule has 2 rings (SSSR count). The van der Waals surface area contributed by atoms with Crippen LogP contribution in [0.3, 0.4) is 0 Å². The highest BCUT2D eigenvalue weighted by molar-refractivity contribution is 4.89. The van der Waals surface area contributed by atoms with Crippen molar-refractivity contribution in [3.63, 3.8) is 0 Å². The molecule has 1 aliphatic heterocycles. The highest BCUT2D eigenvalue weighted by atomic mass is 16.5. The standard InChI is InChI=1S/C15H27NO2/c17-15(11-16-9-5-2-6-10-16)13-18-12-14-7-3-1-4-8-14/h1,3,14-15,17H,2,4-13H2/p+1/t14-,15-/m1/s1. The summed E-state index contributed by atoms with van der Waals surface area (Å²) in [6, 6.07) is 0. The molecule has 3 heteroatoms. The van der Waals surface area contributed by atoms with Crippen LogP contribution in [0.2, 0.25) is 0 Å². The second-order valence-corrected chi connectivity index (χ2v) is 5.86. The first-order valence-corrected chi connectivity index (χ1v) is 7.59. The van der Waals surface area contributed by atoms with Crippen molar-refractivity contribution in [3.8, 4) is 0 Å². The van der Waals surface area contributed by atoms with Crippen LogP contribution in [0.4, 0.5) is 0 Å². The number of hydrogen-bond acceptors (Lipinski definition) is 2. The molecule has 0 aromatic rings. The van der Waals surface area contributed by atoms with Crippen molar-refractivity contribution >= 4 is 0 Å². The molecule has 2 atom stereocenters. The van der Waals surface area contributed by atoms with E-state index in [2.05, 4.69) is 12.2 Å². The third kappa shape index (κ3) is 5.09.